The standard InChI is InChI=1S/C17H18O4S/c1-12-4-9-16(13(2)10-12)17(18)11-14-5-7-15(8-6-14)21-22(3,19)20/h4-10H,11H2,1-3H3. The first-order chi connectivity index (χ1) is 10.2. The van der Waals surface area contributed by atoms with E-state index in [1.54, 1.807) is 24.3 Å². The van der Waals surface area contributed by atoms with Crippen LogP contribution >= 0.6 is 0 Å². The zero-order valence-corrected chi connectivity index (χ0v) is 13.6. The van der Waals surface area contributed by atoms with Crippen LogP contribution in [0.15, 0.2) is 42.5 Å². The van der Waals surface area contributed by atoms with Crippen LogP contribution in [-0.4, -0.2) is 20.5 Å². The van der Waals surface area contributed by atoms with Crippen LogP contribution in [-0.2, 0) is 16.5 Å². The SMILES string of the molecule is Cc1ccc(C(=O)Cc2ccc(OS(C)(=O)=O)cc2)c(C)c1. The van der Waals surface area contributed by atoms with Crippen molar-refractivity contribution in [1.82, 2.24) is 0 Å². The maximum absolute atomic E-state index is 12.3. The highest BCUT2D eigenvalue weighted by Crippen LogP contribution is 2.17. The molecule has 0 saturated carbocycles. The van der Waals surface area contributed by atoms with Gasteiger partial charge in [0.05, 0.1) is 6.26 Å². The second-order valence-corrected chi connectivity index (χ2v) is 6.92. The van der Waals surface area contributed by atoms with Crippen molar-refractivity contribution >= 4 is 15.9 Å². The van der Waals surface area contributed by atoms with Gasteiger partial charge in [-0.2, -0.15) is 8.42 Å². The van der Waals surface area contributed by atoms with Crippen molar-refractivity contribution in [2.75, 3.05) is 6.26 Å². The van der Waals surface area contributed by atoms with E-state index in [1.807, 2.05) is 32.0 Å². The molecule has 0 aliphatic carbocycles. The number of benzene rings is 2. The van der Waals surface area contributed by atoms with Crippen molar-refractivity contribution in [2.45, 2.75) is 20.3 Å². The van der Waals surface area contributed by atoms with E-state index < -0.39 is 10.1 Å². The third kappa shape index (κ3) is 4.43. The van der Waals surface area contributed by atoms with Crippen LogP contribution in [0.4, 0.5) is 0 Å². The molecule has 0 N–H and O–H groups in total. The second kappa shape index (κ2) is 6.32. The van der Waals surface area contributed by atoms with Gasteiger partial charge < -0.3 is 4.18 Å². The number of rotatable bonds is 5. The number of Topliss-reactive ketones (excluding diaryl/α,β-unsaturated/α-hetero) is 1. The summed E-state index contributed by atoms with van der Waals surface area (Å²) in [6.45, 7) is 3.91. The Morgan fingerprint density at radius 1 is 1.05 bits per heavy atom. The van der Waals surface area contributed by atoms with Crippen molar-refractivity contribution in [2.24, 2.45) is 0 Å². The molecule has 0 aromatic heterocycles. The first-order valence-corrected chi connectivity index (χ1v) is 8.65. The highest BCUT2D eigenvalue weighted by Gasteiger charge is 2.11. The van der Waals surface area contributed by atoms with Crippen molar-refractivity contribution in [3.63, 3.8) is 0 Å². The number of ketones is 1. The summed E-state index contributed by atoms with van der Waals surface area (Å²) in [5, 5.41) is 0. The molecule has 2 aromatic rings. The van der Waals surface area contributed by atoms with Gasteiger partial charge in [0.2, 0.25) is 0 Å². The van der Waals surface area contributed by atoms with E-state index in [-0.39, 0.29) is 18.0 Å². The lowest BCUT2D eigenvalue weighted by atomic mass is 9.98. The molecule has 0 aliphatic rings. The van der Waals surface area contributed by atoms with Gasteiger partial charge in [-0.15, -0.1) is 0 Å². The molecule has 0 aliphatic heterocycles. The predicted molar refractivity (Wildman–Crippen MR) is 85.9 cm³/mol. The Morgan fingerprint density at radius 3 is 2.23 bits per heavy atom. The van der Waals surface area contributed by atoms with E-state index in [4.69, 9.17) is 4.18 Å². The Bertz CT molecular complexity index is 790. The number of hydrogen-bond acceptors (Lipinski definition) is 4. The fourth-order valence-corrected chi connectivity index (χ4v) is 2.71. The first-order valence-electron chi connectivity index (χ1n) is 6.83. The van der Waals surface area contributed by atoms with Crippen LogP contribution in [0.25, 0.3) is 0 Å². The Kier molecular flexibility index (Phi) is 4.66. The zero-order valence-electron chi connectivity index (χ0n) is 12.8. The predicted octanol–water partition coefficient (Wildman–Crippen LogP) is 3.07. The van der Waals surface area contributed by atoms with Gasteiger partial charge in [0.1, 0.15) is 5.75 Å². The maximum atomic E-state index is 12.3. The molecule has 4 nitrogen and oxygen atoms in total. The topological polar surface area (TPSA) is 60.4 Å². The van der Waals surface area contributed by atoms with Crippen LogP contribution in [0, 0.1) is 13.8 Å². The van der Waals surface area contributed by atoms with Crippen molar-refractivity contribution in [3.05, 3.63) is 64.7 Å². The van der Waals surface area contributed by atoms with E-state index in [0.29, 0.717) is 5.56 Å². The summed E-state index contributed by atoms with van der Waals surface area (Å²) in [4.78, 5) is 12.3. The molecule has 116 valence electrons. The molecule has 2 aromatic carbocycles. The van der Waals surface area contributed by atoms with Crippen LogP contribution in [0.3, 0.4) is 0 Å². The summed E-state index contributed by atoms with van der Waals surface area (Å²) >= 11 is 0. The van der Waals surface area contributed by atoms with Gasteiger partial charge in [-0.1, -0.05) is 35.9 Å². The van der Waals surface area contributed by atoms with Crippen LogP contribution in [0.2, 0.25) is 0 Å². The normalized spacial score (nSPS) is 11.2. The van der Waals surface area contributed by atoms with Crippen molar-refractivity contribution in [1.29, 1.82) is 0 Å². The lowest BCUT2D eigenvalue weighted by molar-refractivity contribution is 0.0992. The largest absolute Gasteiger partial charge is 0.383 e. The molecule has 22 heavy (non-hydrogen) atoms. The number of carbonyl (C=O) groups is 1. The summed E-state index contributed by atoms with van der Waals surface area (Å²) < 4.78 is 26.8. The molecule has 0 heterocycles. The highest BCUT2D eigenvalue weighted by atomic mass is 32.2. The number of carbonyl (C=O) groups excluding carboxylic acids is 1. The fraction of sp³-hybridized carbons (Fsp3) is 0.235. The summed E-state index contributed by atoms with van der Waals surface area (Å²) in [5.41, 5.74) is 3.60. The smallest absolute Gasteiger partial charge is 0.306 e. The molecule has 0 radical (unpaired) electrons. The van der Waals surface area contributed by atoms with E-state index in [1.165, 1.54) is 0 Å². The summed E-state index contributed by atoms with van der Waals surface area (Å²) in [5.74, 6) is 0.277. The van der Waals surface area contributed by atoms with Crippen LogP contribution in [0.5, 0.6) is 5.75 Å². The average molecular weight is 318 g/mol. The van der Waals surface area contributed by atoms with E-state index in [9.17, 15) is 13.2 Å². The molecule has 0 bridgehead atoms. The van der Waals surface area contributed by atoms with Gasteiger partial charge >= 0.3 is 10.1 Å². The fourth-order valence-electron chi connectivity index (χ4n) is 2.24. The van der Waals surface area contributed by atoms with Crippen LogP contribution in [0.1, 0.15) is 27.0 Å². The number of hydrogen-bond donors (Lipinski definition) is 0. The molecule has 0 atom stereocenters. The minimum atomic E-state index is -3.53. The minimum absolute atomic E-state index is 0.0364. The average Bonchev–Trinajstić information content (AvgIpc) is 2.39. The van der Waals surface area contributed by atoms with Gasteiger partial charge in [-0.05, 0) is 37.1 Å². The molecular weight excluding hydrogens is 300 g/mol. The molecule has 0 spiro atoms. The Hall–Kier alpha value is -2.14. The van der Waals surface area contributed by atoms with Gasteiger partial charge in [0.15, 0.2) is 5.78 Å². The highest BCUT2D eigenvalue weighted by molar-refractivity contribution is 7.86. The third-order valence-corrected chi connectivity index (χ3v) is 3.71. The summed E-state index contributed by atoms with van der Waals surface area (Å²) in [7, 11) is -3.53. The second-order valence-electron chi connectivity index (χ2n) is 5.35. The van der Waals surface area contributed by atoms with E-state index in [2.05, 4.69) is 0 Å². The lowest BCUT2D eigenvalue weighted by Gasteiger charge is -2.07. The monoisotopic (exact) mass is 318 g/mol. The Balaban J connectivity index is 2.12. The molecular formula is C17H18O4S. The summed E-state index contributed by atoms with van der Waals surface area (Å²) in [6, 6.07) is 12.2. The van der Waals surface area contributed by atoms with E-state index in [0.717, 1.165) is 22.9 Å². The Morgan fingerprint density at radius 2 is 1.68 bits per heavy atom. The molecule has 2 rings (SSSR count). The molecule has 0 fully saturated rings. The molecule has 0 unspecified atom stereocenters. The van der Waals surface area contributed by atoms with Crippen molar-refractivity contribution in [3.8, 4) is 5.75 Å². The van der Waals surface area contributed by atoms with E-state index >= 15 is 0 Å². The minimum Gasteiger partial charge on any atom is -0.383 e. The van der Waals surface area contributed by atoms with Gasteiger partial charge in [-0.25, -0.2) is 0 Å². The molecule has 0 saturated heterocycles. The van der Waals surface area contributed by atoms with Gasteiger partial charge in [0.25, 0.3) is 0 Å². The van der Waals surface area contributed by atoms with Gasteiger partial charge in [0, 0.05) is 12.0 Å². The van der Waals surface area contributed by atoms with Crippen molar-refractivity contribution < 1.29 is 17.4 Å². The lowest BCUT2D eigenvalue weighted by Crippen LogP contribution is -2.07. The quantitative estimate of drug-likeness (QED) is 0.628. The van der Waals surface area contributed by atoms with Gasteiger partial charge in [-0.3, -0.25) is 4.79 Å². The Labute approximate surface area is 130 Å². The first kappa shape index (κ1) is 16.2. The molecule has 0 amide bonds. The maximum Gasteiger partial charge on any atom is 0.306 e. The van der Waals surface area contributed by atoms with Crippen LogP contribution < -0.4 is 4.18 Å². The third-order valence-electron chi connectivity index (χ3n) is 3.22. The zero-order chi connectivity index (χ0) is 16.3. The number of aryl methyl sites for hydroxylation is 2. The molecule has 5 heteroatoms. The summed E-state index contributed by atoms with van der Waals surface area (Å²) in [6.07, 6.45) is 1.26.